The topological polar surface area (TPSA) is 34.6 Å². The van der Waals surface area contributed by atoms with Crippen LogP contribution in [0.4, 0.5) is 39.8 Å². The molecule has 8 aromatic carbocycles. The summed E-state index contributed by atoms with van der Waals surface area (Å²) in [6.07, 6.45) is 0. The lowest BCUT2D eigenvalue weighted by atomic mass is 9.90. The Balaban J connectivity index is 1.42. The summed E-state index contributed by atoms with van der Waals surface area (Å²) >= 11 is 0. The first-order valence-electron chi connectivity index (χ1n) is 15.5. The number of rotatable bonds is 6. The van der Waals surface area contributed by atoms with Crippen LogP contribution in [-0.4, -0.2) is 0 Å². The van der Waals surface area contributed by atoms with Crippen LogP contribution in [-0.2, 0) is 0 Å². The van der Waals surface area contributed by atoms with Gasteiger partial charge in [-0.1, -0.05) is 78.9 Å². The number of nitrogens with zero attached hydrogens (tertiary/aromatic N) is 4. The van der Waals surface area contributed by atoms with Crippen LogP contribution in [0.1, 0.15) is 11.1 Å². The fourth-order valence-corrected chi connectivity index (χ4v) is 6.83. The number of nitriles is 1. The predicted molar refractivity (Wildman–Crippen MR) is 195 cm³/mol. The Labute approximate surface area is 273 Å². The number of hydrogen-bond acceptors (Lipinski definition) is 3. The van der Waals surface area contributed by atoms with Gasteiger partial charge in [-0.05, 0) is 107 Å². The lowest BCUT2D eigenvalue weighted by Gasteiger charge is -2.30. The number of hydrogen-bond donors (Lipinski definition) is 0. The molecule has 0 aliphatic carbocycles. The molecule has 0 amide bonds. The third kappa shape index (κ3) is 4.68. The van der Waals surface area contributed by atoms with Gasteiger partial charge in [0.2, 0.25) is 0 Å². The summed E-state index contributed by atoms with van der Waals surface area (Å²) < 4.78 is 0. The van der Waals surface area contributed by atoms with Crippen molar-refractivity contribution < 1.29 is 0 Å². The summed E-state index contributed by atoms with van der Waals surface area (Å²) in [6, 6.07) is 54.4. The molecule has 0 radical (unpaired) electrons. The van der Waals surface area contributed by atoms with Crippen LogP contribution in [0.15, 0.2) is 152 Å². The molecule has 0 atom stereocenters. The molecule has 220 valence electrons. The van der Waals surface area contributed by atoms with Gasteiger partial charge in [-0.3, -0.25) is 0 Å². The average molecular weight is 601 g/mol. The molecule has 4 nitrogen and oxygen atoms in total. The fraction of sp³-hybridized carbons (Fsp3) is 0.0233. The zero-order chi connectivity index (χ0) is 31.9. The van der Waals surface area contributed by atoms with E-state index in [0.717, 1.165) is 50.5 Å². The predicted octanol–water partition coefficient (Wildman–Crippen LogP) is 12.3. The zero-order valence-corrected chi connectivity index (χ0v) is 25.7. The lowest BCUT2D eigenvalue weighted by molar-refractivity contribution is 1.27. The summed E-state index contributed by atoms with van der Waals surface area (Å²) in [4.78, 5) is 8.21. The Morgan fingerprint density at radius 2 is 1.09 bits per heavy atom. The van der Waals surface area contributed by atoms with E-state index < -0.39 is 0 Å². The summed E-state index contributed by atoms with van der Waals surface area (Å²) in [7, 11) is 0. The van der Waals surface area contributed by atoms with Gasteiger partial charge in [0, 0.05) is 33.5 Å². The van der Waals surface area contributed by atoms with Crippen LogP contribution in [0.25, 0.3) is 37.2 Å². The maximum atomic E-state index is 9.47. The van der Waals surface area contributed by atoms with E-state index in [2.05, 4.69) is 119 Å². The number of aryl methyl sites for hydroxylation is 1. The zero-order valence-electron chi connectivity index (χ0n) is 25.7. The molecule has 0 saturated carbocycles. The molecule has 4 heteroatoms. The number of para-hydroxylation sites is 2. The molecule has 0 aromatic heterocycles. The standard InChI is InChI=1S/C43H28N4/c1-29-27-32-16-24-38-40(46(34-9-5-3-6-10-34)36-20-13-30(28-44)14-21-36)26-17-31-15-25-39(42(32)41(31)38)43(29)47(35-11-7-4-8-12-35)37-22-18-33(45-2)19-23-37/h3-27H,1H3. The van der Waals surface area contributed by atoms with E-state index in [-0.39, 0.29) is 0 Å². The van der Waals surface area contributed by atoms with Crippen molar-refractivity contribution in [2.75, 3.05) is 9.80 Å². The molecule has 47 heavy (non-hydrogen) atoms. The van der Waals surface area contributed by atoms with E-state index in [0.29, 0.717) is 11.3 Å². The van der Waals surface area contributed by atoms with Crippen molar-refractivity contribution in [3.63, 3.8) is 0 Å². The van der Waals surface area contributed by atoms with Crippen molar-refractivity contribution in [3.8, 4) is 6.07 Å². The second kappa shape index (κ2) is 11.4. The lowest BCUT2D eigenvalue weighted by Crippen LogP contribution is -2.12. The Morgan fingerprint density at radius 1 is 0.553 bits per heavy atom. The van der Waals surface area contributed by atoms with Crippen molar-refractivity contribution in [3.05, 3.63) is 174 Å². The molecule has 8 rings (SSSR count). The second-order valence-electron chi connectivity index (χ2n) is 11.7. The summed E-state index contributed by atoms with van der Waals surface area (Å²) in [5, 5.41) is 16.6. The van der Waals surface area contributed by atoms with Crippen LogP contribution < -0.4 is 9.80 Å². The van der Waals surface area contributed by atoms with E-state index in [1.807, 2.05) is 60.7 Å². The molecule has 0 aliphatic heterocycles. The quantitative estimate of drug-likeness (QED) is 0.141. The van der Waals surface area contributed by atoms with E-state index in [1.165, 1.54) is 21.5 Å². The van der Waals surface area contributed by atoms with E-state index in [4.69, 9.17) is 6.57 Å². The first kappa shape index (κ1) is 27.9. The largest absolute Gasteiger partial charge is 0.310 e. The Hall–Kier alpha value is -6.62. The monoisotopic (exact) mass is 600 g/mol. The molecular weight excluding hydrogens is 573 g/mol. The molecule has 0 unspecified atom stereocenters. The normalized spacial score (nSPS) is 11.0. The molecule has 0 saturated heterocycles. The van der Waals surface area contributed by atoms with Gasteiger partial charge in [0.15, 0.2) is 5.69 Å². The maximum Gasteiger partial charge on any atom is 0.187 e. The molecule has 0 heterocycles. The van der Waals surface area contributed by atoms with Crippen molar-refractivity contribution >= 4 is 72.1 Å². The molecular formula is C43H28N4. The molecule has 0 spiro atoms. The minimum atomic E-state index is 0.617. The first-order valence-corrected chi connectivity index (χ1v) is 15.5. The third-order valence-electron chi connectivity index (χ3n) is 8.91. The van der Waals surface area contributed by atoms with Gasteiger partial charge in [-0.25, -0.2) is 4.85 Å². The van der Waals surface area contributed by atoms with Crippen LogP contribution in [0.5, 0.6) is 0 Å². The van der Waals surface area contributed by atoms with Gasteiger partial charge >= 0.3 is 0 Å². The van der Waals surface area contributed by atoms with Crippen LogP contribution in [0.3, 0.4) is 0 Å². The Morgan fingerprint density at radius 3 is 1.74 bits per heavy atom. The van der Waals surface area contributed by atoms with Crippen LogP contribution >= 0.6 is 0 Å². The first-order chi connectivity index (χ1) is 23.1. The average Bonchev–Trinajstić information content (AvgIpc) is 3.13. The minimum absolute atomic E-state index is 0.617. The summed E-state index contributed by atoms with van der Waals surface area (Å²) in [6.45, 7) is 9.66. The summed E-state index contributed by atoms with van der Waals surface area (Å²) in [5.74, 6) is 0. The van der Waals surface area contributed by atoms with Gasteiger partial charge < -0.3 is 9.80 Å². The van der Waals surface area contributed by atoms with E-state index in [1.54, 1.807) is 0 Å². The molecule has 0 aliphatic rings. The highest BCUT2D eigenvalue weighted by atomic mass is 15.2. The highest BCUT2D eigenvalue weighted by molar-refractivity contribution is 6.28. The summed E-state index contributed by atoms with van der Waals surface area (Å²) in [5.41, 5.74) is 8.68. The molecule has 8 aromatic rings. The maximum absolute atomic E-state index is 9.47. The number of benzene rings is 8. The third-order valence-corrected chi connectivity index (χ3v) is 8.91. The van der Waals surface area contributed by atoms with Crippen molar-refractivity contribution in [2.24, 2.45) is 0 Å². The van der Waals surface area contributed by atoms with Crippen LogP contribution in [0.2, 0.25) is 0 Å². The second-order valence-corrected chi connectivity index (χ2v) is 11.7. The SMILES string of the molecule is [C-]#[N+]c1ccc(N(c2ccccc2)c2c(C)cc3ccc4c(N(c5ccccc5)c5ccc(C#N)cc5)ccc5ccc2c3c54)cc1. The van der Waals surface area contributed by atoms with E-state index in [9.17, 15) is 5.26 Å². The highest BCUT2D eigenvalue weighted by Gasteiger charge is 2.23. The van der Waals surface area contributed by atoms with Gasteiger partial charge in [-0.15, -0.1) is 0 Å². The fourth-order valence-electron chi connectivity index (χ4n) is 6.83. The van der Waals surface area contributed by atoms with Gasteiger partial charge in [0.05, 0.1) is 29.6 Å². The minimum Gasteiger partial charge on any atom is -0.310 e. The van der Waals surface area contributed by atoms with Crippen molar-refractivity contribution in [1.82, 2.24) is 0 Å². The van der Waals surface area contributed by atoms with Gasteiger partial charge in [0.25, 0.3) is 0 Å². The molecule has 0 fully saturated rings. The highest BCUT2D eigenvalue weighted by Crippen LogP contribution is 2.48. The number of anilines is 6. The Kier molecular flexibility index (Phi) is 6.76. The smallest absolute Gasteiger partial charge is 0.187 e. The molecule has 0 N–H and O–H groups in total. The van der Waals surface area contributed by atoms with Crippen LogP contribution in [0, 0.1) is 24.8 Å². The van der Waals surface area contributed by atoms with Crippen molar-refractivity contribution in [1.29, 1.82) is 5.26 Å². The van der Waals surface area contributed by atoms with E-state index >= 15 is 0 Å². The Bertz CT molecular complexity index is 2470. The van der Waals surface area contributed by atoms with Gasteiger partial charge in [-0.2, -0.15) is 5.26 Å². The van der Waals surface area contributed by atoms with Gasteiger partial charge in [0.1, 0.15) is 0 Å². The molecule has 0 bridgehead atoms. The van der Waals surface area contributed by atoms with Crippen molar-refractivity contribution in [2.45, 2.75) is 6.92 Å².